The summed E-state index contributed by atoms with van der Waals surface area (Å²) in [6, 6.07) is 5.42. The fraction of sp³-hybridized carbons (Fsp3) is 0.353. The van der Waals surface area contributed by atoms with E-state index in [0.29, 0.717) is 37.3 Å². The van der Waals surface area contributed by atoms with E-state index in [1.165, 1.54) is 33.4 Å². The van der Waals surface area contributed by atoms with E-state index in [9.17, 15) is 18.0 Å². The van der Waals surface area contributed by atoms with Crippen LogP contribution in [0.25, 0.3) is 22.6 Å². The second-order valence-electron chi connectivity index (χ2n) is 6.17. The Bertz CT molecular complexity index is 1210. The van der Waals surface area contributed by atoms with Gasteiger partial charge in [0.2, 0.25) is 0 Å². The van der Waals surface area contributed by atoms with Gasteiger partial charge in [-0.1, -0.05) is 13.8 Å². The minimum absolute atomic E-state index is 0. The summed E-state index contributed by atoms with van der Waals surface area (Å²) in [6.07, 6.45) is 1.34. The van der Waals surface area contributed by atoms with E-state index in [4.69, 9.17) is 4.55 Å². The van der Waals surface area contributed by atoms with Crippen molar-refractivity contribution in [2.24, 2.45) is 0 Å². The molecule has 28 heavy (non-hydrogen) atoms. The number of nitrogens with one attached hydrogen (secondary N) is 1. The number of fused-ring (bicyclic) bond motifs is 1. The molecule has 0 bridgehead atoms. The zero-order valence-corrected chi connectivity index (χ0v) is 15.8. The third-order valence-corrected chi connectivity index (χ3v) is 5.05. The van der Waals surface area contributed by atoms with Gasteiger partial charge in [-0.2, -0.15) is 8.42 Å². The van der Waals surface area contributed by atoms with Gasteiger partial charge in [0.05, 0.1) is 4.90 Å². The van der Waals surface area contributed by atoms with Crippen LogP contribution in [-0.2, 0) is 23.2 Å². The average Bonchev–Trinajstić information content (AvgIpc) is 3.07. The summed E-state index contributed by atoms with van der Waals surface area (Å²) in [6.45, 7) is 4.55. The number of hydrogen-bond acceptors (Lipinski definition) is 5. The maximum atomic E-state index is 12.7. The van der Waals surface area contributed by atoms with Gasteiger partial charge >= 0.3 is 57.1 Å². The summed E-state index contributed by atoms with van der Waals surface area (Å²) in [5.41, 5.74) is 0.197. The van der Waals surface area contributed by atoms with Crippen molar-refractivity contribution in [3.63, 3.8) is 0 Å². The Balaban J connectivity index is 0.00000280. The topological polar surface area (TPSA) is 127 Å². The standard InChI is InChI=1S/C17H20N4O5S.K.H/c1-3-9-20-15-13(16(22)21(10-4-2)17(20)23)18-14(19-15)11-5-7-12(8-6-11)27(24,25)26;;/h5-8H,3-4,9-10H2,1-2H3,(H,18,19)(H,24,25,26);;. The molecule has 0 aliphatic carbocycles. The first-order valence-corrected chi connectivity index (χ1v) is 10.0. The van der Waals surface area contributed by atoms with Crippen LogP contribution in [0.4, 0.5) is 0 Å². The molecule has 3 rings (SSSR count). The monoisotopic (exact) mass is 432 g/mol. The summed E-state index contributed by atoms with van der Waals surface area (Å²) < 4.78 is 34.1. The van der Waals surface area contributed by atoms with Gasteiger partial charge < -0.3 is 4.98 Å². The number of aryl methyl sites for hydroxylation is 1. The predicted molar refractivity (Wildman–Crippen MR) is 108 cm³/mol. The van der Waals surface area contributed by atoms with Crippen molar-refractivity contribution in [2.75, 3.05) is 0 Å². The summed E-state index contributed by atoms with van der Waals surface area (Å²) in [5, 5.41) is 0. The second-order valence-corrected chi connectivity index (χ2v) is 7.60. The second kappa shape index (κ2) is 9.16. The molecule has 0 radical (unpaired) electrons. The number of aromatic amines is 1. The van der Waals surface area contributed by atoms with Crippen LogP contribution in [0.1, 0.15) is 26.7 Å². The average molecular weight is 433 g/mol. The molecule has 0 aliphatic rings. The number of H-pyrrole nitrogens is 1. The molecule has 0 saturated carbocycles. The number of benzene rings is 1. The molecule has 2 aromatic heterocycles. The number of rotatable bonds is 6. The zero-order valence-electron chi connectivity index (χ0n) is 15.0. The molecule has 1 aromatic carbocycles. The number of hydrogen-bond donors (Lipinski definition) is 2. The molecule has 0 aliphatic heterocycles. The van der Waals surface area contributed by atoms with Crippen LogP contribution in [0.2, 0.25) is 0 Å². The van der Waals surface area contributed by atoms with Crippen LogP contribution in [0, 0.1) is 0 Å². The molecule has 0 amide bonds. The molecule has 0 unspecified atom stereocenters. The van der Waals surface area contributed by atoms with Crippen LogP contribution in [0.3, 0.4) is 0 Å². The Morgan fingerprint density at radius 3 is 2.14 bits per heavy atom. The summed E-state index contributed by atoms with van der Waals surface area (Å²) >= 11 is 0. The van der Waals surface area contributed by atoms with Gasteiger partial charge in [0.15, 0.2) is 5.65 Å². The van der Waals surface area contributed by atoms with Crippen molar-refractivity contribution in [1.29, 1.82) is 0 Å². The van der Waals surface area contributed by atoms with Gasteiger partial charge in [0.25, 0.3) is 15.7 Å². The fourth-order valence-electron chi connectivity index (χ4n) is 2.93. The molecular weight excluding hydrogens is 411 g/mol. The van der Waals surface area contributed by atoms with E-state index in [1.807, 2.05) is 13.8 Å². The third-order valence-electron chi connectivity index (χ3n) is 4.18. The molecule has 9 nitrogen and oxygen atoms in total. The van der Waals surface area contributed by atoms with E-state index < -0.39 is 21.4 Å². The molecule has 11 heteroatoms. The first kappa shape index (κ1) is 23.2. The van der Waals surface area contributed by atoms with Gasteiger partial charge in [-0.05, 0) is 37.1 Å². The Morgan fingerprint density at radius 1 is 1.04 bits per heavy atom. The van der Waals surface area contributed by atoms with Crippen molar-refractivity contribution < 1.29 is 13.0 Å². The Kier molecular flexibility index (Phi) is 7.59. The van der Waals surface area contributed by atoms with Gasteiger partial charge in [0.1, 0.15) is 11.3 Å². The molecule has 0 atom stereocenters. The third kappa shape index (κ3) is 4.40. The molecule has 146 valence electrons. The maximum absolute atomic E-state index is 12.7. The van der Waals surface area contributed by atoms with Crippen LogP contribution >= 0.6 is 0 Å². The SMILES string of the molecule is CCCn1c(=O)c2[nH]c(-c3ccc(S(=O)(=O)O)cc3)nc2n(CCC)c1=O.[KH]. The van der Waals surface area contributed by atoms with Crippen molar-refractivity contribution >= 4 is 72.7 Å². The Morgan fingerprint density at radius 2 is 1.61 bits per heavy atom. The Labute approximate surface area is 204 Å². The van der Waals surface area contributed by atoms with E-state index in [2.05, 4.69) is 9.97 Å². The van der Waals surface area contributed by atoms with Crippen molar-refractivity contribution in [3.8, 4) is 11.4 Å². The van der Waals surface area contributed by atoms with E-state index in [-0.39, 0.29) is 67.4 Å². The van der Waals surface area contributed by atoms with Crippen molar-refractivity contribution in [1.82, 2.24) is 19.1 Å². The van der Waals surface area contributed by atoms with Crippen LogP contribution in [0.5, 0.6) is 0 Å². The van der Waals surface area contributed by atoms with E-state index in [1.54, 1.807) is 0 Å². The number of nitrogens with zero attached hydrogens (tertiary/aromatic N) is 3. The summed E-state index contributed by atoms with van der Waals surface area (Å²) in [4.78, 5) is 32.5. The number of imidazole rings is 1. The van der Waals surface area contributed by atoms with Gasteiger partial charge in [-0.3, -0.25) is 18.5 Å². The van der Waals surface area contributed by atoms with Crippen LogP contribution in [0.15, 0.2) is 38.8 Å². The molecule has 0 spiro atoms. The fourth-order valence-corrected chi connectivity index (χ4v) is 3.41. The van der Waals surface area contributed by atoms with Crippen LogP contribution in [-0.4, -0.2) is 83.5 Å². The molecule has 2 N–H and O–H groups in total. The molecule has 3 aromatic rings. The van der Waals surface area contributed by atoms with Gasteiger partial charge in [-0.25, -0.2) is 9.78 Å². The van der Waals surface area contributed by atoms with Crippen molar-refractivity contribution in [2.45, 2.75) is 44.7 Å². The summed E-state index contributed by atoms with van der Waals surface area (Å²) in [5.74, 6) is 0.336. The van der Waals surface area contributed by atoms with Gasteiger partial charge in [-0.15, -0.1) is 0 Å². The molecular formula is C17H21KN4O5S. The quantitative estimate of drug-likeness (QED) is 0.441. The molecule has 0 saturated heterocycles. The van der Waals surface area contributed by atoms with Crippen LogP contribution < -0.4 is 11.2 Å². The first-order chi connectivity index (χ1) is 12.8. The van der Waals surface area contributed by atoms with E-state index in [0.717, 1.165) is 0 Å². The van der Waals surface area contributed by atoms with Crippen molar-refractivity contribution in [3.05, 3.63) is 45.1 Å². The molecule has 0 fully saturated rings. The zero-order chi connectivity index (χ0) is 19.8. The minimum atomic E-state index is -4.29. The molecule has 2 heterocycles. The normalized spacial score (nSPS) is 11.5. The number of aromatic nitrogens is 4. The van der Waals surface area contributed by atoms with Gasteiger partial charge in [0, 0.05) is 18.7 Å². The Hall–Kier alpha value is -1.08. The predicted octanol–water partition coefficient (Wildman–Crippen LogP) is 0.971. The summed E-state index contributed by atoms with van der Waals surface area (Å²) in [7, 11) is -4.29. The van der Waals surface area contributed by atoms with E-state index >= 15 is 0 Å². The first-order valence-electron chi connectivity index (χ1n) is 8.59.